The predicted molar refractivity (Wildman–Crippen MR) is 73.1 cm³/mol. The number of benzene rings is 1. The number of hydrogen-bond donors (Lipinski definition) is 1. The lowest BCUT2D eigenvalue weighted by atomic mass is 9.96. The van der Waals surface area contributed by atoms with Gasteiger partial charge in [-0.2, -0.15) is 0 Å². The van der Waals surface area contributed by atoms with Crippen molar-refractivity contribution in [2.24, 2.45) is 0 Å². The highest BCUT2D eigenvalue weighted by molar-refractivity contribution is 9.10. The maximum atomic E-state index is 11.8. The predicted octanol–water partition coefficient (Wildman–Crippen LogP) is 3.59. The van der Waals surface area contributed by atoms with Crippen molar-refractivity contribution in [1.82, 2.24) is 0 Å². The van der Waals surface area contributed by atoms with Gasteiger partial charge in [-0.3, -0.25) is 0 Å². The van der Waals surface area contributed by atoms with Gasteiger partial charge in [-0.05, 0) is 41.4 Å². The Kier molecular flexibility index (Phi) is 5.00. The van der Waals surface area contributed by atoms with Gasteiger partial charge in [0, 0.05) is 10.2 Å². The van der Waals surface area contributed by atoms with Gasteiger partial charge < -0.3 is 10.1 Å². The Labute approximate surface area is 111 Å². The van der Waals surface area contributed by atoms with E-state index in [1.165, 1.54) is 7.11 Å². The maximum absolute atomic E-state index is 11.8. The van der Waals surface area contributed by atoms with Crippen LogP contribution in [0, 0.1) is 0 Å². The van der Waals surface area contributed by atoms with Crippen LogP contribution in [-0.4, -0.2) is 18.6 Å². The minimum Gasteiger partial charge on any atom is -0.467 e. The van der Waals surface area contributed by atoms with Crippen LogP contribution in [0.3, 0.4) is 0 Å². The zero-order chi connectivity index (χ0) is 12.9. The van der Waals surface area contributed by atoms with Crippen molar-refractivity contribution in [1.29, 1.82) is 0 Å². The Balaban J connectivity index is 2.94. The van der Waals surface area contributed by atoms with Crippen molar-refractivity contribution >= 4 is 27.6 Å². The Morgan fingerprint density at radius 3 is 2.65 bits per heavy atom. The molecule has 3 nitrogen and oxygen atoms in total. The van der Waals surface area contributed by atoms with Gasteiger partial charge in [0.2, 0.25) is 0 Å². The van der Waals surface area contributed by atoms with Crippen LogP contribution in [0.25, 0.3) is 0 Å². The molecule has 17 heavy (non-hydrogen) atoms. The SMILES string of the molecule is CCCC(C)(Nc1ccccc1Br)C(=O)OC. The molecule has 1 atom stereocenters. The summed E-state index contributed by atoms with van der Waals surface area (Å²) < 4.78 is 5.80. The normalized spacial score (nSPS) is 13.9. The summed E-state index contributed by atoms with van der Waals surface area (Å²) in [5.74, 6) is -0.241. The second-order valence-corrected chi connectivity index (χ2v) is 5.03. The van der Waals surface area contributed by atoms with E-state index in [4.69, 9.17) is 4.74 Å². The van der Waals surface area contributed by atoms with Crippen molar-refractivity contribution in [3.63, 3.8) is 0 Å². The average molecular weight is 300 g/mol. The average Bonchev–Trinajstić information content (AvgIpc) is 2.31. The molecule has 0 heterocycles. The fraction of sp³-hybridized carbons (Fsp3) is 0.462. The molecule has 0 spiro atoms. The molecular weight excluding hydrogens is 282 g/mol. The molecule has 0 bridgehead atoms. The zero-order valence-corrected chi connectivity index (χ0v) is 12.0. The van der Waals surface area contributed by atoms with Crippen LogP contribution >= 0.6 is 15.9 Å². The highest BCUT2D eigenvalue weighted by Crippen LogP contribution is 2.27. The number of para-hydroxylation sites is 1. The third-order valence-electron chi connectivity index (χ3n) is 2.67. The van der Waals surface area contributed by atoms with Gasteiger partial charge in [0.1, 0.15) is 5.54 Å². The smallest absolute Gasteiger partial charge is 0.331 e. The van der Waals surface area contributed by atoms with Crippen LogP contribution in [0.1, 0.15) is 26.7 Å². The lowest BCUT2D eigenvalue weighted by Gasteiger charge is -2.29. The molecule has 4 heteroatoms. The minimum atomic E-state index is -0.687. The van der Waals surface area contributed by atoms with Gasteiger partial charge >= 0.3 is 5.97 Å². The van der Waals surface area contributed by atoms with Crippen LogP contribution in [0.2, 0.25) is 0 Å². The van der Waals surface area contributed by atoms with Crippen molar-refractivity contribution in [3.8, 4) is 0 Å². The fourth-order valence-electron chi connectivity index (χ4n) is 1.80. The van der Waals surface area contributed by atoms with Gasteiger partial charge in [-0.15, -0.1) is 0 Å². The van der Waals surface area contributed by atoms with E-state index in [2.05, 4.69) is 21.2 Å². The van der Waals surface area contributed by atoms with Crippen molar-refractivity contribution in [2.75, 3.05) is 12.4 Å². The number of carbonyl (C=O) groups is 1. The molecule has 94 valence electrons. The summed E-state index contributed by atoms with van der Waals surface area (Å²) in [4.78, 5) is 11.8. The molecule has 0 aromatic heterocycles. The lowest BCUT2D eigenvalue weighted by Crippen LogP contribution is -2.44. The molecule has 1 N–H and O–H groups in total. The van der Waals surface area contributed by atoms with E-state index in [0.717, 1.165) is 23.0 Å². The van der Waals surface area contributed by atoms with Crippen LogP contribution in [0.5, 0.6) is 0 Å². The largest absolute Gasteiger partial charge is 0.467 e. The van der Waals surface area contributed by atoms with E-state index in [1.807, 2.05) is 38.1 Å². The van der Waals surface area contributed by atoms with Gasteiger partial charge in [-0.1, -0.05) is 25.5 Å². The highest BCUT2D eigenvalue weighted by atomic mass is 79.9. The summed E-state index contributed by atoms with van der Waals surface area (Å²) >= 11 is 3.46. The number of rotatable bonds is 5. The molecule has 1 rings (SSSR count). The summed E-state index contributed by atoms with van der Waals surface area (Å²) in [5.41, 5.74) is 0.210. The number of halogens is 1. The molecule has 1 aromatic carbocycles. The van der Waals surface area contributed by atoms with E-state index >= 15 is 0 Å². The summed E-state index contributed by atoms with van der Waals surface area (Å²) in [7, 11) is 1.41. The maximum Gasteiger partial charge on any atom is 0.331 e. The Hall–Kier alpha value is -1.03. The Morgan fingerprint density at radius 2 is 2.12 bits per heavy atom. The first-order chi connectivity index (χ1) is 8.03. The van der Waals surface area contributed by atoms with Crippen LogP contribution in [0.15, 0.2) is 28.7 Å². The fourth-order valence-corrected chi connectivity index (χ4v) is 2.18. The molecule has 1 aromatic rings. The van der Waals surface area contributed by atoms with Crippen LogP contribution in [0.4, 0.5) is 5.69 Å². The van der Waals surface area contributed by atoms with E-state index in [9.17, 15) is 4.79 Å². The first kappa shape index (κ1) is 14.0. The second-order valence-electron chi connectivity index (χ2n) is 4.18. The number of anilines is 1. The summed E-state index contributed by atoms with van der Waals surface area (Å²) in [6.07, 6.45) is 1.63. The zero-order valence-electron chi connectivity index (χ0n) is 10.4. The number of esters is 1. The quantitative estimate of drug-likeness (QED) is 0.845. The van der Waals surface area contributed by atoms with Gasteiger partial charge in [-0.25, -0.2) is 4.79 Å². The topological polar surface area (TPSA) is 38.3 Å². The molecule has 0 aliphatic carbocycles. The molecule has 0 aliphatic rings. The van der Waals surface area contributed by atoms with E-state index in [-0.39, 0.29) is 5.97 Å². The molecular formula is C13H18BrNO2. The van der Waals surface area contributed by atoms with Crippen LogP contribution in [-0.2, 0) is 9.53 Å². The lowest BCUT2D eigenvalue weighted by molar-refractivity contribution is -0.145. The van der Waals surface area contributed by atoms with Gasteiger partial charge in [0.25, 0.3) is 0 Å². The molecule has 0 saturated carbocycles. The van der Waals surface area contributed by atoms with Crippen molar-refractivity contribution in [3.05, 3.63) is 28.7 Å². The van der Waals surface area contributed by atoms with Crippen molar-refractivity contribution in [2.45, 2.75) is 32.2 Å². The van der Waals surface area contributed by atoms with E-state index in [1.54, 1.807) is 0 Å². The number of ether oxygens (including phenoxy) is 1. The first-order valence-corrected chi connectivity index (χ1v) is 6.44. The summed E-state index contributed by atoms with van der Waals surface area (Å²) in [5, 5.41) is 3.25. The number of nitrogens with one attached hydrogen (secondary N) is 1. The number of methoxy groups -OCH3 is 1. The molecule has 0 amide bonds. The monoisotopic (exact) mass is 299 g/mol. The molecule has 0 aliphatic heterocycles. The first-order valence-electron chi connectivity index (χ1n) is 5.64. The number of carbonyl (C=O) groups excluding carboxylic acids is 1. The standard InChI is InChI=1S/C13H18BrNO2/c1-4-9-13(2,12(16)17-3)15-11-8-6-5-7-10(11)14/h5-8,15H,4,9H2,1-3H3. The van der Waals surface area contributed by atoms with Gasteiger partial charge in [0.05, 0.1) is 7.11 Å². The Bertz CT molecular complexity index is 395. The van der Waals surface area contributed by atoms with E-state index in [0.29, 0.717) is 0 Å². The summed E-state index contributed by atoms with van der Waals surface area (Å²) in [6.45, 7) is 3.91. The third-order valence-corrected chi connectivity index (χ3v) is 3.36. The van der Waals surface area contributed by atoms with Gasteiger partial charge in [0.15, 0.2) is 0 Å². The molecule has 0 saturated heterocycles. The van der Waals surface area contributed by atoms with E-state index < -0.39 is 5.54 Å². The molecule has 1 unspecified atom stereocenters. The molecule has 0 fully saturated rings. The number of hydrogen-bond acceptors (Lipinski definition) is 3. The third kappa shape index (κ3) is 3.46. The van der Waals surface area contributed by atoms with Crippen molar-refractivity contribution < 1.29 is 9.53 Å². The van der Waals surface area contributed by atoms with Crippen LogP contribution < -0.4 is 5.32 Å². The second kappa shape index (κ2) is 6.05. The summed E-state index contributed by atoms with van der Waals surface area (Å²) in [6, 6.07) is 7.73. The molecule has 0 radical (unpaired) electrons. The Morgan fingerprint density at radius 1 is 1.47 bits per heavy atom. The highest BCUT2D eigenvalue weighted by Gasteiger charge is 2.33. The minimum absolute atomic E-state index is 0.241.